The van der Waals surface area contributed by atoms with Gasteiger partial charge in [-0.15, -0.1) is 6.58 Å². The van der Waals surface area contributed by atoms with Crippen LogP contribution < -0.4 is 21.3 Å². The maximum atomic E-state index is 14.4. The summed E-state index contributed by atoms with van der Waals surface area (Å²) < 4.78 is 27.7. The van der Waals surface area contributed by atoms with E-state index >= 15 is 0 Å². The number of piperidine rings is 1. The summed E-state index contributed by atoms with van der Waals surface area (Å²) in [6.07, 6.45) is 3.08. The highest BCUT2D eigenvalue weighted by molar-refractivity contribution is 7.86. The minimum Gasteiger partial charge on any atom is -0.346 e. The van der Waals surface area contributed by atoms with Gasteiger partial charge in [-0.1, -0.05) is 81.2 Å². The normalized spacial score (nSPS) is 22.1. The van der Waals surface area contributed by atoms with Gasteiger partial charge in [-0.3, -0.25) is 19.2 Å². The SMILES string of the molecule is C=CCNC(=O)C(=O)[C@@H](CCCC)NC(=O)[C@@H]1[C@@H]2[C@H](CN1C(=O)[C@@H](NC(=O)N[C@H](CN(C)S(=O)(=O)N(C)C)C(C)(C)C)C(C)(C)C)C2(C)C. The van der Waals surface area contributed by atoms with Crippen LogP contribution in [0.25, 0.3) is 0 Å². The molecule has 280 valence electrons. The van der Waals surface area contributed by atoms with E-state index in [1.807, 2.05) is 62.3 Å². The number of fused-ring (bicyclic) bond motifs is 1. The third kappa shape index (κ3) is 10.0. The molecule has 1 aliphatic heterocycles. The molecular formula is C34H61N7O7S. The highest BCUT2D eigenvalue weighted by Gasteiger charge is 2.70. The molecular weight excluding hydrogens is 650 g/mol. The van der Waals surface area contributed by atoms with Crippen molar-refractivity contribution in [3.8, 4) is 0 Å². The largest absolute Gasteiger partial charge is 0.346 e. The number of urea groups is 1. The predicted octanol–water partition coefficient (Wildman–Crippen LogP) is 1.88. The summed E-state index contributed by atoms with van der Waals surface area (Å²) in [6.45, 7) is 21.0. The first-order valence-electron chi connectivity index (χ1n) is 17.1. The number of hydrogen-bond acceptors (Lipinski definition) is 7. The van der Waals surface area contributed by atoms with Gasteiger partial charge in [0.2, 0.25) is 17.6 Å². The Morgan fingerprint density at radius 2 is 1.57 bits per heavy atom. The number of Topliss-reactive ketones (excluding diaryl/α,β-unsaturated/α-hetero) is 1. The summed E-state index contributed by atoms with van der Waals surface area (Å²) in [7, 11) is 0.554. The van der Waals surface area contributed by atoms with Gasteiger partial charge in [0.1, 0.15) is 12.1 Å². The minimum absolute atomic E-state index is 0.0120. The molecule has 0 aromatic carbocycles. The molecule has 0 unspecified atom stereocenters. The standard InChI is InChI=1S/C34H61N7O7S/c1-14-16-17-22(26(42)29(44)35-18-15-2)36-28(43)25-24-21(34(24,9)10)19-41(25)30(45)27(33(6,7)8)38-31(46)37-23(32(3,4)5)20-40(13)49(47,48)39(11)12/h15,21-25,27H,2,14,16-20H2,1,3-13H3,(H,35,44)(H,36,43)(H2,37,38,46)/t21-,22+,23+,24-,25-,27+/m0/s1. The van der Waals surface area contributed by atoms with Gasteiger partial charge in [0, 0.05) is 46.8 Å². The second-order valence-corrected chi connectivity index (χ2v) is 18.6. The number of carbonyl (C=O) groups excluding carboxylic acids is 5. The first-order chi connectivity index (χ1) is 22.3. The lowest BCUT2D eigenvalue weighted by Gasteiger charge is -2.39. The number of rotatable bonds is 16. The Morgan fingerprint density at radius 1 is 0.980 bits per heavy atom. The zero-order chi connectivity index (χ0) is 37.9. The summed E-state index contributed by atoms with van der Waals surface area (Å²) in [5.74, 6) is -2.64. The molecule has 14 nitrogen and oxygen atoms in total. The third-order valence-corrected chi connectivity index (χ3v) is 11.8. The van der Waals surface area contributed by atoms with Crippen LogP contribution in [0.5, 0.6) is 0 Å². The van der Waals surface area contributed by atoms with Crippen molar-refractivity contribution in [2.75, 3.05) is 40.8 Å². The van der Waals surface area contributed by atoms with Gasteiger partial charge in [0.25, 0.3) is 16.1 Å². The van der Waals surface area contributed by atoms with Crippen LogP contribution >= 0.6 is 0 Å². The van der Waals surface area contributed by atoms with Crippen LogP contribution in [0.15, 0.2) is 12.7 Å². The number of unbranched alkanes of at least 4 members (excludes halogenated alkanes) is 1. The van der Waals surface area contributed by atoms with Crippen molar-refractivity contribution in [1.29, 1.82) is 0 Å². The number of ketones is 1. The molecule has 1 saturated heterocycles. The van der Waals surface area contributed by atoms with Crippen molar-refractivity contribution in [3.05, 3.63) is 12.7 Å². The molecule has 4 N–H and O–H groups in total. The number of amides is 5. The fourth-order valence-electron chi connectivity index (χ4n) is 6.47. The van der Waals surface area contributed by atoms with Crippen LogP contribution in [0, 0.1) is 28.1 Å². The number of hydrogen-bond donors (Lipinski definition) is 4. The van der Waals surface area contributed by atoms with Crippen molar-refractivity contribution in [2.24, 2.45) is 28.1 Å². The van der Waals surface area contributed by atoms with E-state index in [-0.39, 0.29) is 36.8 Å². The second kappa shape index (κ2) is 15.9. The summed E-state index contributed by atoms with van der Waals surface area (Å²) in [5.41, 5.74) is -1.54. The van der Waals surface area contributed by atoms with Gasteiger partial charge in [0.05, 0.1) is 6.04 Å². The molecule has 1 aliphatic carbocycles. The second-order valence-electron chi connectivity index (χ2n) is 16.4. The van der Waals surface area contributed by atoms with Gasteiger partial charge in [-0.2, -0.15) is 17.0 Å². The van der Waals surface area contributed by atoms with Gasteiger partial charge in [0.15, 0.2) is 0 Å². The molecule has 1 saturated carbocycles. The number of likely N-dealkylation sites (N-methyl/N-ethyl adjacent to an activating group) is 1. The lowest BCUT2D eigenvalue weighted by molar-refractivity contribution is -0.145. The average Bonchev–Trinajstić information content (AvgIpc) is 3.29. The molecule has 0 aromatic rings. The number of nitrogens with zero attached hydrogens (tertiary/aromatic N) is 3. The van der Waals surface area contributed by atoms with Crippen LogP contribution in [-0.4, -0.2) is 116 Å². The molecule has 0 bridgehead atoms. The van der Waals surface area contributed by atoms with Crippen LogP contribution in [0.3, 0.4) is 0 Å². The molecule has 0 radical (unpaired) electrons. The zero-order valence-corrected chi connectivity index (χ0v) is 32.4. The van der Waals surface area contributed by atoms with Gasteiger partial charge >= 0.3 is 6.03 Å². The van der Waals surface area contributed by atoms with Gasteiger partial charge < -0.3 is 26.2 Å². The van der Waals surface area contributed by atoms with Crippen molar-refractivity contribution >= 4 is 39.7 Å². The molecule has 1 heterocycles. The summed E-state index contributed by atoms with van der Waals surface area (Å²) >= 11 is 0. The summed E-state index contributed by atoms with van der Waals surface area (Å²) in [5, 5.41) is 11.0. The third-order valence-electron chi connectivity index (χ3n) is 9.90. The topological polar surface area (TPSA) is 177 Å². The Labute approximate surface area is 293 Å². The van der Waals surface area contributed by atoms with Crippen LogP contribution in [-0.2, 0) is 29.4 Å². The van der Waals surface area contributed by atoms with Crippen LogP contribution in [0.1, 0.15) is 81.6 Å². The van der Waals surface area contributed by atoms with E-state index < -0.39 is 74.7 Å². The monoisotopic (exact) mass is 711 g/mol. The van der Waals surface area contributed by atoms with Crippen LogP contribution in [0.4, 0.5) is 4.79 Å². The fourth-order valence-corrected chi connectivity index (χ4v) is 7.36. The molecule has 49 heavy (non-hydrogen) atoms. The highest BCUT2D eigenvalue weighted by Crippen LogP contribution is 2.65. The van der Waals surface area contributed by atoms with Gasteiger partial charge in [-0.05, 0) is 34.5 Å². The maximum Gasteiger partial charge on any atom is 0.315 e. The minimum atomic E-state index is -3.74. The molecule has 0 aromatic heterocycles. The smallest absolute Gasteiger partial charge is 0.315 e. The van der Waals surface area contributed by atoms with E-state index in [4.69, 9.17) is 0 Å². The van der Waals surface area contributed by atoms with E-state index in [0.29, 0.717) is 13.0 Å². The van der Waals surface area contributed by atoms with E-state index in [1.54, 1.807) is 0 Å². The van der Waals surface area contributed by atoms with E-state index in [9.17, 15) is 32.4 Å². The maximum absolute atomic E-state index is 14.4. The summed E-state index contributed by atoms with van der Waals surface area (Å²) in [6, 6.07) is -4.27. The van der Waals surface area contributed by atoms with E-state index in [1.165, 1.54) is 36.4 Å². The van der Waals surface area contributed by atoms with Crippen molar-refractivity contribution in [2.45, 2.75) is 106 Å². The first-order valence-corrected chi connectivity index (χ1v) is 18.5. The Kier molecular flexibility index (Phi) is 13.7. The summed E-state index contributed by atoms with van der Waals surface area (Å²) in [4.78, 5) is 69.1. The zero-order valence-electron chi connectivity index (χ0n) is 31.6. The molecule has 0 spiro atoms. The van der Waals surface area contributed by atoms with E-state index in [2.05, 4.69) is 27.8 Å². The fraction of sp³-hybridized carbons (Fsp3) is 0.794. The number of likely N-dealkylation sites (tertiary alicyclic amines) is 1. The molecule has 2 fully saturated rings. The lowest BCUT2D eigenvalue weighted by Crippen LogP contribution is -2.62. The van der Waals surface area contributed by atoms with Crippen molar-refractivity contribution < 1.29 is 32.4 Å². The Balaban J connectivity index is 2.35. The van der Waals surface area contributed by atoms with E-state index in [0.717, 1.165) is 10.7 Å². The van der Waals surface area contributed by atoms with Crippen molar-refractivity contribution in [3.63, 3.8) is 0 Å². The molecule has 2 rings (SSSR count). The molecule has 5 amide bonds. The van der Waals surface area contributed by atoms with Crippen molar-refractivity contribution in [1.82, 2.24) is 34.8 Å². The quantitative estimate of drug-likeness (QED) is 0.140. The Morgan fingerprint density at radius 3 is 2.06 bits per heavy atom. The number of carbonyl (C=O) groups is 5. The molecule has 2 aliphatic rings. The molecule has 6 atom stereocenters. The predicted molar refractivity (Wildman–Crippen MR) is 189 cm³/mol. The lowest BCUT2D eigenvalue weighted by atomic mass is 9.85. The highest BCUT2D eigenvalue weighted by atomic mass is 32.2. The first kappa shape index (κ1) is 42.1. The Bertz CT molecular complexity index is 1370. The molecule has 15 heteroatoms. The van der Waals surface area contributed by atoms with Gasteiger partial charge in [-0.25, -0.2) is 4.79 Å². The van der Waals surface area contributed by atoms with Crippen LogP contribution in [0.2, 0.25) is 0 Å². The number of nitrogens with one attached hydrogen (secondary N) is 4. The average molecular weight is 712 g/mol. The Hall–Kier alpha value is -3.04.